The highest BCUT2D eigenvalue weighted by atomic mass is 16.1. The van der Waals surface area contributed by atoms with Crippen LogP contribution in [0.15, 0.2) is 48.8 Å². The van der Waals surface area contributed by atoms with E-state index in [-0.39, 0.29) is 0 Å². The summed E-state index contributed by atoms with van der Waals surface area (Å²) in [7, 11) is 0. The molecule has 88 valence electrons. The highest BCUT2D eigenvalue weighted by Crippen LogP contribution is 2.04. The van der Waals surface area contributed by atoms with Gasteiger partial charge < -0.3 is 5.73 Å². The van der Waals surface area contributed by atoms with E-state index in [4.69, 9.17) is 11.0 Å². The molecule has 2 aromatic rings. The van der Waals surface area contributed by atoms with Gasteiger partial charge in [-0.3, -0.25) is 4.79 Å². The van der Waals surface area contributed by atoms with Crippen molar-refractivity contribution in [3.05, 3.63) is 65.5 Å². The van der Waals surface area contributed by atoms with Crippen molar-refractivity contribution in [3.8, 4) is 6.07 Å². The average Bonchev–Trinajstić information content (AvgIpc) is 2.39. The Morgan fingerprint density at radius 1 is 1.33 bits per heavy atom. The van der Waals surface area contributed by atoms with E-state index >= 15 is 0 Å². The molecule has 2 rings (SSSR count). The van der Waals surface area contributed by atoms with Gasteiger partial charge in [-0.05, 0) is 18.2 Å². The van der Waals surface area contributed by atoms with Crippen LogP contribution in [0.25, 0.3) is 0 Å². The van der Waals surface area contributed by atoms with Gasteiger partial charge in [-0.25, -0.2) is 0 Å². The van der Waals surface area contributed by atoms with E-state index in [1.165, 1.54) is 0 Å². The molecule has 0 spiro atoms. The summed E-state index contributed by atoms with van der Waals surface area (Å²) in [6.45, 7) is 0.594. The van der Waals surface area contributed by atoms with E-state index in [9.17, 15) is 4.79 Å². The fraction of sp³-hybridized carbons (Fsp3) is 0.0714. The van der Waals surface area contributed by atoms with E-state index in [1.54, 1.807) is 24.4 Å². The molecule has 1 heterocycles. The summed E-state index contributed by atoms with van der Waals surface area (Å²) in [6, 6.07) is 12.9. The second-order valence-electron chi connectivity index (χ2n) is 3.94. The summed E-state index contributed by atoms with van der Waals surface area (Å²) in [5.41, 5.74) is 7.32. The molecule has 0 fully saturated rings. The van der Waals surface area contributed by atoms with Gasteiger partial charge in [0.2, 0.25) is 0 Å². The number of amides is 1. The Morgan fingerprint density at radius 2 is 2.17 bits per heavy atom. The number of nitriles is 1. The predicted molar refractivity (Wildman–Crippen MR) is 65.4 cm³/mol. The van der Waals surface area contributed by atoms with Crippen LogP contribution < -0.4 is 10.3 Å². The lowest BCUT2D eigenvalue weighted by Crippen LogP contribution is -2.35. The van der Waals surface area contributed by atoms with Crippen molar-refractivity contribution >= 4 is 5.91 Å². The van der Waals surface area contributed by atoms with Crippen LogP contribution in [0, 0.1) is 11.3 Å². The highest BCUT2D eigenvalue weighted by molar-refractivity contribution is 5.92. The molecule has 0 bridgehead atoms. The summed E-state index contributed by atoms with van der Waals surface area (Å²) in [4.78, 5) is 11.1. The van der Waals surface area contributed by atoms with Crippen LogP contribution in [0.4, 0.5) is 0 Å². The van der Waals surface area contributed by atoms with Gasteiger partial charge in [0, 0.05) is 11.6 Å². The Bertz CT molecular complexity index is 629. The zero-order valence-electron chi connectivity index (χ0n) is 9.71. The number of hydrogen-bond donors (Lipinski definition) is 1. The minimum Gasteiger partial charge on any atom is -0.365 e. The summed E-state index contributed by atoms with van der Waals surface area (Å²) in [5.74, 6) is -0.449. The van der Waals surface area contributed by atoms with Crippen molar-refractivity contribution in [2.75, 3.05) is 0 Å². The van der Waals surface area contributed by atoms with Crippen molar-refractivity contribution < 1.29 is 9.36 Å². The number of carbonyl (C=O) groups is 1. The number of primary amides is 1. The van der Waals surface area contributed by atoms with Crippen LogP contribution in [0.3, 0.4) is 0 Å². The topological polar surface area (TPSA) is 70.8 Å². The van der Waals surface area contributed by atoms with Gasteiger partial charge in [-0.2, -0.15) is 9.83 Å². The second kappa shape index (κ2) is 5.11. The second-order valence-corrected chi connectivity index (χ2v) is 3.94. The van der Waals surface area contributed by atoms with E-state index in [0.717, 1.165) is 5.56 Å². The molecular formula is C14H12N3O+. The number of nitrogens with zero attached hydrogens (tertiary/aromatic N) is 2. The SMILES string of the molecule is N#Cc1cccc(C[n+]2cccc(C(N)=O)c2)c1. The molecule has 0 atom stereocenters. The van der Waals surface area contributed by atoms with Crippen LogP contribution in [-0.2, 0) is 6.54 Å². The Hall–Kier alpha value is -2.67. The predicted octanol–water partition coefficient (Wildman–Crippen LogP) is 0.993. The zero-order valence-corrected chi connectivity index (χ0v) is 9.71. The van der Waals surface area contributed by atoms with E-state index in [1.807, 2.05) is 29.0 Å². The lowest BCUT2D eigenvalue weighted by molar-refractivity contribution is -0.688. The molecular weight excluding hydrogens is 226 g/mol. The fourth-order valence-corrected chi connectivity index (χ4v) is 1.72. The normalized spacial score (nSPS) is 9.72. The van der Waals surface area contributed by atoms with Crippen LogP contribution in [0.5, 0.6) is 0 Å². The van der Waals surface area contributed by atoms with Crippen molar-refractivity contribution in [3.63, 3.8) is 0 Å². The van der Waals surface area contributed by atoms with Crippen molar-refractivity contribution in [2.45, 2.75) is 6.54 Å². The first kappa shape index (κ1) is 11.8. The zero-order chi connectivity index (χ0) is 13.0. The molecule has 4 nitrogen and oxygen atoms in total. The molecule has 0 unspecified atom stereocenters. The Morgan fingerprint density at radius 3 is 2.89 bits per heavy atom. The maximum atomic E-state index is 11.1. The summed E-state index contributed by atoms with van der Waals surface area (Å²) in [6.07, 6.45) is 3.55. The first-order valence-corrected chi connectivity index (χ1v) is 5.47. The van der Waals surface area contributed by atoms with Crippen LogP contribution >= 0.6 is 0 Å². The third kappa shape index (κ3) is 2.71. The molecule has 0 saturated heterocycles. The largest absolute Gasteiger partial charge is 0.365 e. The Balaban J connectivity index is 2.26. The third-order valence-electron chi connectivity index (χ3n) is 2.56. The van der Waals surface area contributed by atoms with Gasteiger partial charge in [0.1, 0.15) is 5.56 Å². The van der Waals surface area contributed by atoms with Crippen LogP contribution in [0.2, 0.25) is 0 Å². The van der Waals surface area contributed by atoms with Gasteiger partial charge >= 0.3 is 0 Å². The number of hydrogen-bond acceptors (Lipinski definition) is 2. The van der Waals surface area contributed by atoms with Gasteiger partial charge in [0.15, 0.2) is 18.9 Å². The minimum atomic E-state index is -0.449. The molecule has 0 saturated carbocycles. The van der Waals surface area contributed by atoms with Crippen molar-refractivity contribution in [1.82, 2.24) is 0 Å². The Kier molecular flexibility index (Phi) is 3.35. The first-order chi connectivity index (χ1) is 8.69. The highest BCUT2D eigenvalue weighted by Gasteiger charge is 2.08. The lowest BCUT2D eigenvalue weighted by atomic mass is 10.1. The molecule has 0 aliphatic carbocycles. The number of nitrogens with two attached hydrogens (primary N) is 1. The standard InChI is InChI=1S/C14H11N3O/c15-8-11-3-1-4-12(7-11)9-17-6-2-5-13(10-17)14(16)18/h1-7,10H,9H2,(H-,16,18)/p+1. The average molecular weight is 238 g/mol. The number of carbonyl (C=O) groups excluding carboxylic acids is 1. The summed E-state index contributed by atoms with van der Waals surface area (Å²) in [5, 5.41) is 8.83. The maximum Gasteiger partial charge on any atom is 0.254 e. The molecule has 0 aliphatic heterocycles. The Labute approximate surface area is 105 Å². The molecule has 0 aliphatic rings. The number of rotatable bonds is 3. The van der Waals surface area contributed by atoms with Crippen LogP contribution in [-0.4, -0.2) is 5.91 Å². The quantitative estimate of drug-likeness (QED) is 0.810. The molecule has 0 radical (unpaired) electrons. The van der Waals surface area contributed by atoms with Gasteiger partial charge in [-0.15, -0.1) is 0 Å². The number of pyridine rings is 1. The smallest absolute Gasteiger partial charge is 0.254 e. The van der Waals surface area contributed by atoms with E-state index in [0.29, 0.717) is 17.7 Å². The molecule has 1 aromatic heterocycles. The van der Waals surface area contributed by atoms with Crippen molar-refractivity contribution in [1.29, 1.82) is 5.26 Å². The van der Waals surface area contributed by atoms with Crippen molar-refractivity contribution in [2.24, 2.45) is 5.73 Å². The van der Waals surface area contributed by atoms with E-state index in [2.05, 4.69) is 6.07 Å². The number of aromatic nitrogens is 1. The van der Waals surface area contributed by atoms with Gasteiger partial charge in [-0.1, -0.05) is 12.1 Å². The summed E-state index contributed by atoms with van der Waals surface area (Å²) >= 11 is 0. The monoisotopic (exact) mass is 238 g/mol. The molecule has 2 N–H and O–H groups in total. The van der Waals surface area contributed by atoms with Crippen LogP contribution in [0.1, 0.15) is 21.5 Å². The maximum absolute atomic E-state index is 11.1. The lowest BCUT2D eigenvalue weighted by Gasteiger charge is -1.99. The fourth-order valence-electron chi connectivity index (χ4n) is 1.72. The van der Waals surface area contributed by atoms with Gasteiger partial charge in [0.25, 0.3) is 5.91 Å². The summed E-state index contributed by atoms with van der Waals surface area (Å²) < 4.78 is 1.86. The molecule has 1 amide bonds. The van der Waals surface area contributed by atoms with Gasteiger partial charge in [0.05, 0.1) is 11.6 Å². The molecule has 1 aromatic carbocycles. The number of benzene rings is 1. The minimum absolute atomic E-state index is 0.449. The third-order valence-corrected chi connectivity index (χ3v) is 2.56. The molecule has 4 heteroatoms. The van der Waals surface area contributed by atoms with E-state index < -0.39 is 5.91 Å². The first-order valence-electron chi connectivity index (χ1n) is 5.47. The molecule has 18 heavy (non-hydrogen) atoms.